The molecule has 2 rings (SSSR count). The van der Waals surface area contributed by atoms with E-state index in [4.69, 9.17) is 5.73 Å². The van der Waals surface area contributed by atoms with Gasteiger partial charge in [0.25, 0.3) is 0 Å². The molecule has 0 bridgehead atoms. The van der Waals surface area contributed by atoms with Crippen molar-refractivity contribution in [3.63, 3.8) is 0 Å². The Kier molecular flexibility index (Phi) is 3.33. The highest BCUT2D eigenvalue weighted by Crippen LogP contribution is 2.28. The van der Waals surface area contributed by atoms with Crippen LogP contribution in [-0.4, -0.2) is 41.4 Å². The number of hydrogen-bond donors (Lipinski definition) is 2. The molecule has 0 unspecified atom stereocenters. The Morgan fingerprint density at radius 1 is 1.50 bits per heavy atom. The number of likely N-dealkylation sites (N-methyl/N-ethyl adjacent to an activating group) is 1. The van der Waals surface area contributed by atoms with Crippen molar-refractivity contribution in [2.45, 2.75) is 6.92 Å². The third-order valence-electron chi connectivity index (χ3n) is 2.44. The Hall–Kier alpha value is -1.89. The van der Waals surface area contributed by atoms with E-state index in [9.17, 15) is 4.79 Å². The highest BCUT2D eigenvalue weighted by molar-refractivity contribution is 7.18. The van der Waals surface area contributed by atoms with E-state index in [1.54, 1.807) is 25.4 Å². The van der Waals surface area contributed by atoms with E-state index in [1.165, 1.54) is 4.90 Å². The number of nitrogen functional groups attached to an aromatic ring is 1. The molecule has 0 fully saturated rings. The van der Waals surface area contributed by atoms with Crippen molar-refractivity contribution in [2.24, 2.45) is 0 Å². The number of hydrogen-bond acceptors (Lipinski definition) is 6. The Morgan fingerprint density at radius 3 is 2.89 bits per heavy atom. The van der Waals surface area contributed by atoms with Gasteiger partial charge in [0.2, 0.25) is 11.9 Å². The van der Waals surface area contributed by atoms with Gasteiger partial charge in [-0.2, -0.15) is 4.98 Å². The van der Waals surface area contributed by atoms with Gasteiger partial charge in [0.1, 0.15) is 10.6 Å². The van der Waals surface area contributed by atoms with Crippen molar-refractivity contribution < 1.29 is 4.79 Å². The van der Waals surface area contributed by atoms with Crippen LogP contribution >= 0.6 is 11.3 Å². The summed E-state index contributed by atoms with van der Waals surface area (Å²) in [7, 11) is 3.42. The molecule has 3 N–H and O–H groups in total. The largest absolute Gasteiger partial charge is 0.368 e. The topological polar surface area (TPSA) is 84.1 Å². The van der Waals surface area contributed by atoms with Gasteiger partial charge in [-0.25, -0.2) is 4.98 Å². The monoisotopic (exact) mass is 265 g/mol. The van der Waals surface area contributed by atoms with Gasteiger partial charge in [0, 0.05) is 19.0 Å². The molecule has 2 aromatic heterocycles. The van der Waals surface area contributed by atoms with Gasteiger partial charge in [-0.15, -0.1) is 11.3 Å². The number of carbonyl (C=O) groups is 1. The Balaban J connectivity index is 2.29. The van der Waals surface area contributed by atoms with Crippen LogP contribution in [-0.2, 0) is 4.79 Å². The van der Waals surface area contributed by atoms with Crippen molar-refractivity contribution in [3.8, 4) is 0 Å². The molecule has 0 aliphatic heterocycles. The van der Waals surface area contributed by atoms with Crippen LogP contribution in [0, 0.1) is 6.92 Å². The summed E-state index contributed by atoms with van der Waals surface area (Å²) in [6, 6.07) is 1.99. The first-order chi connectivity index (χ1) is 8.47. The lowest BCUT2D eigenvalue weighted by atomic mass is 10.3. The predicted octanol–water partition coefficient (Wildman–Crippen LogP) is 1.08. The zero-order valence-corrected chi connectivity index (χ0v) is 11.3. The van der Waals surface area contributed by atoms with E-state index in [-0.39, 0.29) is 18.4 Å². The number of aryl methyl sites for hydroxylation is 1. The Labute approximate surface area is 109 Å². The van der Waals surface area contributed by atoms with Gasteiger partial charge in [-0.3, -0.25) is 4.79 Å². The quantitative estimate of drug-likeness (QED) is 0.867. The lowest BCUT2D eigenvalue weighted by Crippen LogP contribution is -2.28. The fourth-order valence-electron chi connectivity index (χ4n) is 1.51. The maximum atomic E-state index is 11.5. The molecule has 0 aromatic carbocycles. The lowest BCUT2D eigenvalue weighted by Gasteiger charge is -2.11. The van der Waals surface area contributed by atoms with Gasteiger partial charge < -0.3 is 16.0 Å². The maximum absolute atomic E-state index is 11.5. The fraction of sp³-hybridized carbons (Fsp3) is 0.364. The summed E-state index contributed by atoms with van der Waals surface area (Å²) in [5, 5.41) is 3.91. The Morgan fingerprint density at radius 2 is 2.22 bits per heavy atom. The van der Waals surface area contributed by atoms with E-state index in [1.807, 2.05) is 13.0 Å². The number of anilines is 2. The van der Waals surface area contributed by atoms with Crippen molar-refractivity contribution in [1.29, 1.82) is 0 Å². The molecule has 2 heterocycles. The molecular weight excluding hydrogens is 250 g/mol. The molecule has 0 aliphatic carbocycles. The van der Waals surface area contributed by atoms with Crippen molar-refractivity contribution in [2.75, 3.05) is 31.7 Å². The molecular formula is C11H15N5OS. The van der Waals surface area contributed by atoms with Crippen LogP contribution in [0.1, 0.15) is 4.88 Å². The SMILES string of the molecule is Cc1cc2c(NCC(=O)N(C)C)nc(N)nc2s1. The van der Waals surface area contributed by atoms with Crippen molar-refractivity contribution in [1.82, 2.24) is 14.9 Å². The molecule has 1 amide bonds. The zero-order chi connectivity index (χ0) is 13.3. The van der Waals surface area contributed by atoms with E-state index in [0.717, 1.165) is 15.1 Å². The number of carbonyl (C=O) groups excluding carboxylic acids is 1. The van der Waals surface area contributed by atoms with Crippen LogP contribution in [0.3, 0.4) is 0 Å². The smallest absolute Gasteiger partial charge is 0.241 e. The summed E-state index contributed by atoms with van der Waals surface area (Å²) < 4.78 is 0. The molecule has 0 saturated carbocycles. The van der Waals surface area contributed by atoms with Crippen LogP contribution in [0.5, 0.6) is 0 Å². The van der Waals surface area contributed by atoms with Crippen LogP contribution < -0.4 is 11.1 Å². The van der Waals surface area contributed by atoms with E-state index < -0.39 is 0 Å². The molecule has 7 heteroatoms. The van der Waals surface area contributed by atoms with E-state index >= 15 is 0 Å². The van der Waals surface area contributed by atoms with Gasteiger partial charge in [0.05, 0.1) is 11.9 Å². The first-order valence-corrected chi connectivity index (χ1v) is 6.26. The van der Waals surface area contributed by atoms with Crippen LogP contribution in [0.2, 0.25) is 0 Å². The summed E-state index contributed by atoms with van der Waals surface area (Å²) in [6.07, 6.45) is 0. The molecule has 2 aromatic rings. The van der Waals surface area contributed by atoms with Crippen LogP contribution in [0.4, 0.5) is 11.8 Å². The molecule has 96 valence electrons. The number of nitrogens with one attached hydrogen (secondary N) is 1. The summed E-state index contributed by atoms with van der Waals surface area (Å²) in [4.78, 5) is 23.3. The standard InChI is InChI=1S/C11H15N5OS/c1-6-4-7-9(13-5-8(17)16(2)3)14-11(12)15-10(7)18-6/h4H,5H2,1-3H3,(H3,12,13,14,15). The highest BCUT2D eigenvalue weighted by atomic mass is 32.1. The van der Waals surface area contributed by atoms with Gasteiger partial charge in [-0.05, 0) is 13.0 Å². The number of thiophene rings is 1. The summed E-state index contributed by atoms with van der Waals surface area (Å²) in [5.41, 5.74) is 5.65. The van der Waals surface area contributed by atoms with Gasteiger partial charge >= 0.3 is 0 Å². The molecule has 0 radical (unpaired) electrons. The van der Waals surface area contributed by atoms with E-state index in [0.29, 0.717) is 5.82 Å². The zero-order valence-electron chi connectivity index (χ0n) is 10.5. The van der Waals surface area contributed by atoms with Crippen LogP contribution in [0.25, 0.3) is 10.2 Å². The summed E-state index contributed by atoms with van der Waals surface area (Å²) in [6.45, 7) is 2.19. The lowest BCUT2D eigenvalue weighted by molar-refractivity contribution is -0.126. The second-order valence-corrected chi connectivity index (χ2v) is 5.38. The molecule has 6 nitrogen and oxygen atoms in total. The summed E-state index contributed by atoms with van der Waals surface area (Å²) >= 11 is 1.55. The maximum Gasteiger partial charge on any atom is 0.241 e. The first-order valence-electron chi connectivity index (χ1n) is 5.45. The molecule has 0 spiro atoms. The highest BCUT2D eigenvalue weighted by Gasteiger charge is 2.11. The predicted molar refractivity (Wildman–Crippen MR) is 73.7 cm³/mol. The van der Waals surface area contributed by atoms with Crippen LogP contribution in [0.15, 0.2) is 6.07 Å². The molecule has 0 atom stereocenters. The third-order valence-corrected chi connectivity index (χ3v) is 3.38. The normalized spacial score (nSPS) is 10.6. The second-order valence-electron chi connectivity index (χ2n) is 4.15. The number of nitrogens with zero attached hydrogens (tertiary/aromatic N) is 3. The number of amides is 1. The number of aromatic nitrogens is 2. The minimum absolute atomic E-state index is 0.0210. The first kappa shape index (κ1) is 12.6. The second kappa shape index (κ2) is 4.77. The van der Waals surface area contributed by atoms with Crippen molar-refractivity contribution in [3.05, 3.63) is 10.9 Å². The molecule has 0 saturated heterocycles. The van der Waals surface area contributed by atoms with Gasteiger partial charge in [0.15, 0.2) is 0 Å². The minimum atomic E-state index is -0.0210. The number of nitrogens with two attached hydrogens (primary N) is 1. The Bertz CT molecular complexity index is 592. The average molecular weight is 265 g/mol. The minimum Gasteiger partial charge on any atom is -0.368 e. The number of fused-ring (bicyclic) bond motifs is 1. The number of rotatable bonds is 3. The fourth-order valence-corrected chi connectivity index (χ4v) is 2.40. The third kappa shape index (κ3) is 2.51. The molecule has 0 aliphatic rings. The summed E-state index contributed by atoms with van der Waals surface area (Å²) in [5.74, 6) is 0.800. The van der Waals surface area contributed by atoms with Crippen molar-refractivity contribution >= 4 is 39.2 Å². The van der Waals surface area contributed by atoms with Gasteiger partial charge in [-0.1, -0.05) is 0 Å². The average Bonchev–Trinajstić information content (AvgIpc) is 2.65. The van der Waals surface area contributed by atoms with E-state index in [2.05, 4.69) is 15.3 Å². The molecule has 18 heavy (non-hydrogen) atoms.